The standard InChI is InChI=1S/C2HIO4.Na/c3-7-2(6)1(4)5;/h(H,4,5);/q;+1/p-1. The average Bonchev–Trinajstić information content (AvgIpc) is 1.65. The van der Waals surface area contributed by atoms with E-state index in [0.717, 1.165) is 23.0 Å². The minimum Gasteiger partial charge on any atom is -0.539 e. The third-order valence-corrected chi connectivity index (χ3v) is 0.637. The molecular formula is C2INaO4. The predicted molar refractivity (Wildman–Crippen MR) is 25.1 cm³/mol. The molecule has 0 radical (unpaired) electrons. The molecule has 0 aliphatic rings. The number of halogens is 1. The first kappa shape index (κ1) is 11.5. The Bertz CT molecular complexity index is 102. The Labute approximate surface area is 81.6 Å². The van der Waals surface area contributed by atoms with Crippen LogP contribution in [0.2, 0.25) is 0 Å². The van der Waals surface area contributed by atoms with E-state index >= 15 is 0 Å². The summed E-state index contributed by atoms with van der Waals surface area (Å²) in [6.45, 7) is 0. The largest absolute Gasteiger partial charge is 1.00 e. The summed E-state index contributed by atoms with van der Waals surface area (Å²) in [5.41, 5.74) is 0. The van der Waals surface area contributed by atoms with Crippen molar-refractivity contribution in [1.82, 2.24) is 0 Å². The van der Waals surface area contributed by atoms with Gasteiger partial charge in [-0.15, -0.1) is 0 Å². The second-order valence-electron chi connectivity index (χ2n) is 0.652. The zero-order valence-electron chi connectivity index (χ0n) is 4.01. The maximum Gasteiger partial charge on any atom is 1.00 e. The summed E-state index contributed by atoms with van der Waals surface area (Å²) in [6, 6.07) is 0. The molecule has 0 amide bonds. The minimum absolute atomic E-state index is 0. The molecule has 0 saturated carbocycles. The molecule has 40 valence electrons. The monoisotopic (exact) mass is 238 g/mol. The van der Waals surface area contributed by atoms with Crippen molar-refractivity contribution in [2.75, 3.05) is 0 Å². The molecule has 0 heterocycles. The van der Waals surface area contributed by atoms with Crippen LogP contribution < -0.4 is 34.7 Å². The second-order valence-corrected chi connectivity index (χ2v) is 1.09. The molecule has 0 bridgehead atoms. The minimum atomic E-state index is -1.82. The molecule has 0 aromatic heterocycles. The molecule has 8 heavy (non-hydrogen) atoms. The number of carbonyl (C=O) groups is 2. The molecule has 0 aromatic carbocycles. The maximum atomic E-state index is 9.62. The Morgan fingerprint density at radius 2 is 1.88 bits per heavy atom. The van der Waals surface area contributed by atoms with Crippen LogP contribution in [0.4, 0.5) is 0 Å². The van der Waals surface area contributed by atoms with Crippen LogP contribution in [-0.4, -0.2) is 11.9 Å². The molecule has 0 aromatic rings. The van der Waals surface area contributed by atoms with Gasteiger partial charge in [-0.3, -0.25) is 0 Å². The van der Waals surface area contributed by atoms with Crippen molar-refractivity contribution in [1.29, 1.82) is 0 Å². The SMILES string of the molecule is O=C([O-])C(=O)OI.[Na+]. The van der Waals surface area contributed by atoms with E-state index < -0.39 is 11.9 Å². The Morgan fingerprint density at radius 1 is 1.50 bits per heavy atom. The molecule has 0 saturated heterocycles. The van der Waals surface area contributed by atoms with Crippen molar-refractivity contribution >= 4 is 34.9 Å². The van der Waals surface area contributed by atoms with Gasteiger partial charge in [0.05, 0.1) is 0 Å². The average molecular weight is 238 g/mol. The van der Waals surface area contributed by atoms with Crippen LogP contribution in [0.1, 0.15) is 0 Å². The second kappa shape index (κ2) is 5.80. The maximum absolute atomic E-state index is 9.62. The fraction of sp³-hybridized carbons (Fsp3) is 0. The van der Waals surface area contributed by atoms with E-state index in [4.69, 9.17) is 0 Å². The molecule has 0 rings (SSSR count). The number of hydrogen-bond acceptors (Lipinski definition) is 4. The van der Waals surface area contributed by atoms with Crippen LogP contribution in [0.3, 0.4) is 0 Å². The number of aliphatic carboxylic acids is 1. The number of carbonyl (C=O) groups excluding carboxylic acids is 2. The number of carboxylic acids is 1. The number of carboxylic acid groups (broad SMARTS) is 1. The summed E-state index contributed by atoms with van der Waals surface area (Å²) < 4.78 is 3.68. The van der Waals surface area contributed by atoms with Crippen LogP contribution in [0.25, 0.3) is 0 Å². The fourth-order valence-electron chi connectivity index (χ4n) is 0.0315. The van der Waals surface area contributed by atoms with E-state index in [1.54, 1.807) is 0 Å². The van der Waals surface area contributed by atoms with Gasteiger partial charge in [-0.1, -0.05) is 0 Å². The normalized spacial score (nSPS) is 6.62. The van der Waals surface area contributed by atoms with Gasteiger partial charge in [0, 0.05) is 0 Å². The van der Waals surface area contributed by atoms with Gasteiger partial charge in [0.15, 0.2) is 29.0 Å². The molecule has 0 atom stereocenters. The first-order valence-electron chi connectivity index (χ1n) is 1.22. The zero-order chi connectivity index (χ0) is 5.86. The quantitative estimate of drug-likeness (QED) is 0.243. The first-order chi connectivity index (χ1) is 3.18. The van der Waals surface area contributed by atoms with Crippen molar-refractivity contribution in [3.05, 3.63) is 0 Å². The molecule has 0 spiro atoms. The van der Waals surface area contributed by atoms with Crippen molar-refractivity contribution < 1.29 is 47.3 Å². The van der Waals surface area contributed by atoms with Gasteiger partial charge >= 0.3 is 35.5 Å². The van der Waals surface area contributed by atoms with E-state index in [0.29, 0.717) is 0 Å². The molecule has 0 N–H and O–H groups in total. The predicted octanol–water partition coefficient (Wildman–Crippen LogP) is -4.37. The molecule has 0 fully saturated rings. The Morgan fingerprint density at radius 3 is 1.88 bits per heavy atom. The summed E-state index contributed by atoms with van der Waals surface area (Å²) >= 11 is 1.16. The van der Waals surface area contributed by atoms with E-state index in [1.807, 2.05) is 0 Å². The topological polar surface area (TPSA) is 66.4 Å². The zero-order valence-corrected chi connectivity index (χ0v) is 8.17. The van der Waals surface area contributed by atoms with Gasteiger partial charge in [0.1, 0.15) is 0 Å². The van der Waals surface area contributed by atoms with Crippen LogP contribution in [0.15, 0.2) is 0 Å². The van der Waals surface area contributed by atoms with Gasteiger partial charge in [-0.25, -0.2) is 4.79 Å². The van der Waals surface area contributed by atoms with Gasteiger partial charge < -0.3 is 13.0 Å². The number of rotatable bonds is 0. The van der Waals surface area contributed by atoms with E-state index in [-0.39, 0.29) is 29.6 Å². The van der Waals surface area contributed by atoms with Crippen molar-refractivity contribution in [3.8, 4) is 0 Å². The van der Waals surface area contributed by atoms with Crippen molar-refractivity contribution in [2.24, 2.45) is 0 Å². The summed E-state index contributed by atoms with van der Waals surface area (Å²) in [5.74, 6) is -3.19. The van der Waals surface area contributed by atoms with Gasteiger partial charge in [0.2, 0.25) is 0 Å². The van der Waals surface area contributed by atoms with Gasteiger partial charge in [-0.2, -0.15) is 0 Å². The Hall–Kier alpha value is 0.670. The molecular weight excluding hydrogens is 238 g/mol. The Balaban J connectivity index is 0. The van der Waals surface area contributed by atoms with Crippen LogP contribution in [0.5, 0.6) is 0 Å². The summed E-state index contributed by atoms with van der Waals surface area (Å²) in [4.78, 5) is 19.0. The van der Waals surface area contributed by atoms with Crippen molar-refractivity contribution in [2.45, 2.75) is 0 Å². The van der Waals surface area contributed by atoms with Crippen LogP contribution in [-0.2, 0) is 12.7 Å². The smallest absolute Gasteiger partial charge is 0.539 e. The molecule has 0 aliphatic carbocycles. The van der Waals surface area contributed by atoms with Crippen LogP contribution >= 0.6 is 23.0 Å². The van der Waals surface area contributed by atoms with Crippen molar-refractivity contribution in [3.63, 3.8) is 0 Å². The molecule has 6 heteroatoms. The Kier molecular flexibility index (Phi) is 8.31. The third-order valence-electron chi connectivity index (χ3n) is 0.237. The van der Waals surface area contributed by atoms with E-state index in [1.165, 1.54) is 0 Å². The molecule has 0 aliphatic heterocycles. The fourth-order valence-corrected chi connectivity index (χ4v) is 0.211. The first-order valence-corrected chi connectivity index (χ1v) is 2.10. The van der Waals surface area contributed by atoms with Crippen LogP contribution in [0, 0.1) is 0 Å². The van der Waals surface area contributed by atoms with E-state index in [9.17, 15) is 14.7 Å². The molecule has 0 unspecified atom stereocenters. The summed E-state index contributed by atoms with van der Waals surface area (Å²) in [6.07, 6.45) is 0. The summed E-state index contributed by atoms with van der Waals surface area (Å²) in [5, 5.41) is 9.34. The van der Waals surface area contributed by atoms with E-state index in [2.05, 4.69) is 3.07 Å². The number of hydrogen-bond donors (Lipinski definition) is 0. The third kappa shape index (κ3) is 4.82. The van der Waals surface area contributed by atoms with Gasteiger partial charge in [0.25, 0.3) is 0 Å². The summed E-state index contributed by atoms with van der Waals surface area (Å²) in [7, 11) is 0. The molecule has 4 nitrogen and oxygen atoms in total. The van der Waals surface area contributed by atoms with Gasteiger partial charge in [-0.05, 0) is 0 Å².